The van der Waals surface area contributed by atoms with Gasteiger partial charge in [-0.05, 0) is 24.1 Å². The van der Waals surface area contributed by atoms with Crippen molar-refractivity contribution in [2.24, 2.45) is 0 Å². The maximum absolute atomic E-state index is 10.9. The average molecular weight is 240 g/mol. The van der Waals surface area contributed by atoms with Gasteiger partial charge >= 0.3 is 0 Å². The van der Waals surface area contributed by atoms with Crippen LogP contribution in [0.3, 0.4) is 0 Å². The zero-order chi connectivity index (χ0) is 13.1. The van der Waals surface area contributed by atoms with E-state index in [-0.39, 0.29) is 11.7 Å². The van der Waals surface area contributed by atoms with E-state index in [9.17, 15) is 9.90 Å². The van der Waals surface area contributed by atoms with E-state index in [1.54, 1.807) is 6.07 Å². The quantitative estimate of drug-likeness (QED) is 0.831. The highest BCUT2D eigenvalue weighted by Crippen LogP contribution is 2.35. The number of carbonyl (C=O) groups excluding carboxylic acids is 1. The van der Waals surface area contributed by atoms with E-state index in [1.807, 2.05) is 50.2 Å². The molecule has 0 amide bonds. The highest BCUT2D eigenvalue weighted by Gasteiger charge is 2.17. The molecule has 1 atom stereocenters. The molecule has 1 unspecified atom stereocenters. The Balaban J connectivity index is 2.54. The first-order valence-electron chi connectivity index (χ1n) is 5.97. The van der Waals surface area contributed by atoms with Gasteiger partial charge in [0.05, 0.1) is 5.56 Å². The number of aldehydes is 1. The third-order valence-electron chi connectivity index (χ3n) is 3.33. The number of carbonyl (C=O) groups is 1. The first-order valence-corrected chi connectivity index (χ1v) is 5.97. The van der Waals surface area contributed by atoms with Gasteiger partial charge in [-0.15, -0.1) is 0 Å². The second kappa shape index (κ2) is 5.05. The molecule has 2 aromatic rings. The molecule has 0 aliphatic rings. The lowest BCUT2D eigenvalue weighted by Gasteiger charge is -2.17. The first kappa shape index (κ1) is 12.4. The van der Waals surface area contributed by atoms with E-state index >= 15 is 0 Å². The van der Waals surface area contributed by atoms with Gasteiger partial charge in [0.15, 0.2) is 6.29 Å². The summed E-state index contributed by atoms with van der Waals surface area (Å²) < 4.78 is 0. The number of aryl methyl sites for hydroxylation is 1. The molecule has 0 fully saturated rings. The van der Waals surface area contributed by atoms with E-state index in [4.69, 9.17) is 0 Å². The predicted octanol–water partition coefficient (Wildman–Crippen LogP) is 3.66. The van der Waals surface area contributed by atoms with Crippen molar-refractivity contribution in [3.63, 3.8) is 0 Å². The van der Waals surface area contributed by atoms with Crippen molar-refractivity contribution in [3.05, 3.63) is 64.7 Å². The maximum Gasteiger partial charge on any atom is 0.153 e. The maximum atomic E-state index is 10.9. The van der Waals surface area contributed by atoms with Crippen LogP contribution in [0.15, 0.2) is 42.5 Å². The normalized spacial score (nSPS) is 12.1. The zero-order valence-corrected chi connectivity index (χ0v) is 10.6. The van der Waals surface area contributed by atoms with Crippen LogP contribution in [-0.2, 0) is 0 Å². The van der Waals surface area contributed by atoms with E-state index in [0.717, 1.165) is 16.7 Å². The van der Waals surface area contributed by atoms with E-state index < -0.39 is 0 Å². The van der Waals surface area contributed by atoms with Gasteiger partial charge in [-0.1, -0.05) is 43.3 Å². The Morgan fingerprint density at radius 2 is 1.78 bits per heavy atom. The summed E-state index contributed by atoms with van der Waals surface area (Å²) in [4.78, 5) is 10.9. The van der Waals surface area contributed by atoms with Crippen molar-refractivity contribution in [2.75, 3.05) is 0 Å². The zero-order valence-electron chi connectivity index (χ0n) is 10.6. The van der Waals surface area contributed by atoms with E-state index in [1.165, 1.54) is 0 Å². The second-order valence-corrected chi connectivity index (χ2v) is 4.48. The number of benzene rings is 2. The SMILES string of the molecule is Cc1ccc(C=O)c(O)c1C(C)c1ccccc1. The van der Waals surface area contributed by atoms with Crippen LogP contribution in [-0.4, -0.2) is 11.4 Å². The number of aromatic hydroxyl groups is 1. The molecule has 0 saturated carbocycles. The van der Waals surface area contributed by atoms with Crippen LogP contribution in [0.4, 0.5) is 0 Å². The highest BCUT2D eigenvalue weighted by atomic mass is 16.3. The fourth-order valence-electron chi connectivity index (χ4n) is 2.28. The number of hydrogen-bond donors (Lipinski definition) is 1. The van der Waals surface area contributed by atoms with Crippen LogP contribution >= 0.6 is 0 Å². The molecule has 1 N–H and O–H groups in total. The Hall–Kier alpha value is -2.09. The van der Waals surface area contributed by atoms with Gasteiger partial charge < -0.3 is 5.11 Å². The van der Waals surface area contributed by atoms with Crippen molar-refractivity contribution >= 4 is 6.29 Å². The van der Waals surface area contributed by atoms with Crippen molar-refractivity contribution < 1.29 is 9.90 Å². The minimum atomic E-state index is 0.0612. The van der Waals surface area contributed by atoms with Crippen LogP contribution in [0.1, 0.15) is 39.9 Å². The smallest absolute Gasteiger partial charge is 0.153 e. The molecule has 0 radical (unpaired) electrons. The molecule has 0 spiro atoms. The van der Waals surface area contributed by atoms with Crippen LogP contribution in [0.2, 0.25) is 0 Å². The van der Waals surface area contributed by atoms with Gasteiger partial charge in [-0.2, -0.15) is 0 Å². The average Bonchev–Trinajstić information content (AvgIpc) is 2.40. The van der Waals surface area contributed by atoms with Crippen molar-refractivity contribution in [1.82, 2.24) is 0 Å². The van der Waals surface area contributed by atoms with Crippen LogP contribution < -0.4 is 0 Å². The molecule has 2 heteroatoms. The summed E-state index contributed by atoms with van der Waals surface area (Å²) in [5.74, 6) is 0.160. The summed E-state index contributed by atoms with van der Waals surface area (Å²) in [5.41, 5.74) is 3.29. The Morgan fingerprint density at radius 1 is 1.11 bits per heavy atom. The monoisotopic (exact) mass is 240 g/mol. The lowest BCUT2D eigenvalue weighted by atomic mass is 9.88. The molecule has 92 valence electrons. The lowest BCUT2D eigenvalue weighted by Crippen LogP contribution is -2.01. The first-order chi connectivity index (χ1) is 8.65. The van der Waals surface area contributed by atoms with Gasteiger partial charge in [0.25, 0.3) is 0 Å². The minimum Gasteiger partial charge on any atom is -0.507 e. The molecule has 2 nitrogen and oxygen atoms in total. The molecule has 0 aliphatic carbocycles. The summed E-state index contributed by atoms with van der Waals surface area (Å²) >= 11 is 0. The fourth-order valence-corrected chi connectivity index (χ4v) is 2.28. The van der Waals surface area contributed by atoms with Crippen LogP contribution in [0.5, 0.6) is 5.75 Å². The van der Waals surface area contributed by atoms with Gasteiger partial charge in [0, 0.05) is 11.5 Å². The topological polar surface area (TPSA) is 37.3 Å². The standard InChI is InChI=1S/C16H16O2/c1-11-8-9-14(10-17)16(18)15(11)12(2)13-6-4-3-5-7-13/h3-10,12,18H,1-2H3. The van der Waals surface area contributed by atoms with Crippen molar-refractivity contribution in [2.45, 2.75) is 19.8 Å². The summed E-state index contributed by atoms with van der Waals surface area (Å²) in [6, 6.07) is 13.5. The van der Waals surface area contributed by atoms with Crippen LogP contribution in [0.25, 0.3) is 0 Å². The molecule has 0 saturated heterocycles. The third kappa shape index (κ3) is 2.14. The molecular formula is C16H16O2. The summed E-state index contributed by atoms with van der Waals surface area (Å²) in [6.45, 7) is 3.98. The van der Waals surface area contributed by atoms with Gasteiger partial charge in [0.2, 0.25) is 0 Å². The van der Waals surface area contributed by atoms with Gasteiger partial charge in [-0.25, -0.2) is 0 Å². The number of phenols is 1. The second-order valence-electron chi connectivity index (χ2n) is 4.48. The van der Waals surface area contributed by atoms with E-state index in [2.05, 4.69) is 0 Å². The van der Waals surface area contributed by atoms with Gasteiger partial charge in [-0.3, -0.25) is 4.79 Å². The molecule has 0 bridgehead atoms. The van der Waals surface area contributed by atoms with E-state index in [0.29, 0.717) is 11.8 Å². The summed E-state index contributed by atoms with van der Waals surface area (Å²) in [7, 11) is 0. The van der Waals surface area contributed by atoms with Crippen LogP contribution in [0, 0.1) is 6.92 Å². The molecule has 0 aromatic heterocycles. The molecule has 0 aliphatic heterocycles. The third-order valence-corrected chi connectivity index (χ3v) is 3.33. The molecule has 2 rings (SSSR count). The summed E-state index contributed by atoms with van der Waals surface area (Å²) in [5, 5.41) is 10.2. The Labute approximate surface area is 107 Å². The number of hydrogen-bond acceptors (Lipinski definition) is 2. The van der Waals surface area contributed by atoms with Crippen molar-refractivity contribution in [1.29, 1.82) is 0 Å². The molecule has 2 aromatic carbocycles. The van der Waals surface area contributed by atoms with Gasteiger partial charge in [0.1, 0.15) is 5.75 Å². The number of rotatable bonds is 3. The largest absolute Gasteiger partial charge is 0.507 e. The Bertz CT molecular complexity index is 559. The summed E-state index contributed by atoms with van der Waals surface area (Å²) in [6.07, 6.45) is 0.690. The molecular weight excluding hydrogens is 224 g/mol. The highest BCUT2D eigenvalue weighted by molar-refractivity contribution is 5.80. The fraction of sp³-hybridized carbons (Fsp3) is 0.188. The predicted molar refractivity (Wildman–Crippen MR) is 72.2 cm³/mol. The minimum absolute atomic E-state index is 0.0612. The Morgan fingerprint density at radius 3 is 2.39 bits per heavy atom. The van der Waals surface area contributed by atoms with Crippen molar-refractivity contribution in [3.8, 4) is 5.75 Å². The lowest BCUT2D eigenvalue weighted by molar-refractivity contribution is 0.112. The number of phenolic OH excluding ortho intramolecular Hbond substituents is 1. The Kier molecular flexibility index (Phi) is 3.47. The molecule has 0 heterocycles. The molecule has 18 heavy (non-hydrogen) atoms.